The van der Waals surface area contributed by atoms with Crippen molar-refractivity contribution in [2.75, 3.05) is 39.0 Å². The summed E-state index contributed by atoms with van der Waals surface area (Å²) in [5, 5.41) is 0.754. The Morgan fingerprint density at radius 2 is 1.71 bits per heavy atom. The molecule has 0 radical (unpaired) electrons. The summed E-state index contributed by atoms with van der Waals surface area (Å²) in [4.78, 5) is 46.6. The maximum absolute atomic E-state index is 13.0. The van der Waals surface area contributed by atoms with E-state index in [1.165, 1.54) is 29.0 Å². The summed E-state index contributed by atoms with van der Waals surface area (Å²) in [6, 6.07) is 17.6. The average molecular weight is 481 g/mol. The minimum absolute atomic E-state index is 0.0101. The molecule has 1 fully saturated rings. The third-order valence-electron chi connectivity index (χ3n) is 6.16. The fourth-order valence-electron chi connectivity index (χ4n) is 4.11. The number of amides is 1. The van der Waals surface area contributed by atoms with Gasteiger partial charge >= 0.3 is 5.97 Å². The molecule has 1 unspecified atom stereocenters. The van der Waals surface area contributed by atoms with Crippen LogP contribution in [0.15, 0.2) is 64.5 Å². The number of nitrogens with zero attached hydrogens (tertiary/aromatic N) is 4. The highest BCUT2D eigenvalue weighted by Crippen LogP contribution is 2.23. The molecule has 9 heteroatoms. The highest BCUT2D eigenvalue weighted by molar-refractivity contribution is 7.99. The van der Waals surface area contributed by atoms with Crippen molar-refractivity contribution in [3.63, 3.8) is 0 Å². The van der Waals surface area contributed by atoms with Crippen molar-refractivity contribution < 1.29 is 14.3 Å². The van der Waals surface area contributed by atoms with Crippen LogP contribution in [0, 0.1) is 0 Å². The number of benzene rings is 2. The van der Waals surface area contributed by atoms with E-state index in [0.29, 0.717) is 35.2 Å². The Morgan fingerprint density at radius 3 is 2.41 bits per heavy atom. The van der Waals surface area contributed by atoms with Gasteiger partial charge in [0.25, 0.3) is 5.56 Å². The molecule has 4 rings (SSSR count). The van der Waals surface area contributed by atoms with Crippen molar-refractivity contribution in [1.82, 2.24) is 19.4 Å². The van der Waals surface area contributed by atoms with Gasteiger partial charge in [0, 0.05) is 32.2 Å². The number of piperazine rings is 1. The first-order valence-electron chi connectivity index (χ1n) is 11.2. The van der Waals surface area contributed by atoms with E-state index < -0.39 is 5.97 Å². The number of hydrogen-bond acceptors (Lipinski definition) is 7. The van der Waals surface area contributed by atoms with Crippen LogP contribution in [0.2, 0.25) is 0 Å². The van der Waals surface area contributed by atoms with Gasteiger partial charge in [-0.05, 0) is 24.6 Å². The van der Waals surface area contributed by atoms with Gasteiger partial charge in [0.15, 0.2) is 5.16 Å². The molecule has 178 valence electrons. The monoisotopic (exact) mass is 480 g/mol. The Labute approximate surface area is 202 Å². The number of methoxy groups -OCH3 is 1. The van der Waals surface area contributed by atoms with Gasteiger partial charge in [-0.15, -0.1) is 0 Å². The van der Waals surface area contributed by atoms with Crippen LogP contribution < -0.4 is 5.56 Å². The number of carbonyl (C=O) groups is 2. The van der Waals surface area contributed by atoms with Gasteiger partial charge in [-0.25, -0.2) is 4.98 Å². The van der Waals surface area contributed by atoms with Crippen LogP contribution in [-0.2, 0) is 20.9 Å². The van der Waals surface area contributed by atoms with Crippen LogP contribution >= 0.6 is 11.8 Å². The predicted molar refractivity (Wildman–Crippen MR) is 132 cm³/mol. The molecule has 3 aromatic rings. The second-order valence-electron chi connectivity index (χ2n) is 8.17. The number of esters is 1. The SMILES string of the molecule is COC(=O)Cn1c(SCC(=O)N2CCN(C(C)c3ccccc3)CC2)nc2ccccc2c1=O. The van der Waals surface area contributed by atoms with Gasteiger partial charge < -0.3 is 9.64 Å². The average Bonchev–Trinajstić information content (AvgIpc) is 2.89. The molecule has 1 atom stereocenters. The molecule has 1 aliphatic heterocycles. The summed E-state index contributed by atoms with van der Waals surface area (Å²) in [6.45, 7) is 4.84. The van der Waals surface area contributed by atoms with Gasteiger partial charge in [-0.1, -0.05) is 54.2 Å². The molecular weight excluding hydrogens is 452 g/mol. The lowest BCUT2D eigenvalue weighted by molar-refractivity contribution is -0.141. The molecule has 1 amide bonds. The molecule has 8 nitrogen and oxygen atoms in total. The number of carbonyl (C=O) groups excluding carboxylic acids is 2. The summed E-state index contributed by atoms with van der Waals surface area (Å²) >= 11 is 1.17. The summed E-state index contributed by atoms with van der Waals surface area (Å²) in [5.74, 6) is -0.416. The minimum Gasteiger partial charge on any atom is -0.468 e. The van der Waals surface area contributed by atoms with Crippen LogP contribution in [0.25, 0.3) is 10.9 Å². The van der Waals surface area contributed by atoms with E-state index in [1.54, 1.807) is 24.3 Å². The third kappa shape index (κ3) is 5.31. The number of para-hydroxylation sites is 1. The van der Waals surface area contributed by atoms with Crippen molar-refractivity contribution in [3.05, 3.63) is 70.5 Å². The number of rotatable bonds is 7. The second-order valence-corrected chi connectivity index (χ2v) is 9.11. The van der Waals surface area contributed by atoms with Crippen LogP contribution in [-0.4, -0.2) is 70.3 Å². The molecule has 0 N–H and O–H groups in total. The zero-order valence-corrected chi connectivity index (χ0v) is 20.2. The van der Waals surface area contributed by atoms with E-state index >= 15 is 0 Å². The molecule has 2 aromatic carbocycles. The van der Waals surface area contributed by atoms with Crippen LogP contribution in [0.1, 0.15) is 18.5 Å². The van der Waals surface area contributed by atoms with Crippen LogP contribution in [0.4, 0.5) is 0 Å². The molecule has 1 aliphatic rings. The lowest BCUT2D eigenvalue weighted by Gasteiger charge is -2.38. The smallest absolute Gasteiger partial charge is 0.325 e. The Bertz CT molecular complexity index is 1220. The van der Waals surface area contributed by atoms with Gasteiger partial charge in [-0.3, -0.25) is 23.9 Å². The Hall–Kier alpha value is -3.17. The highest BCUT2D eigenvalue weighted by Gasteiger charge is 2.25. The Kier molecular flexibility index (Phi) is 7.64. The van der Waals surface area contributed by atoms with Gasteiger partial charge in [0.05, 0.1) is 23.8 Å². The second kappa shape index (κ2) is 10.8. The quantitative estimate of drug-likeness (QED) is 0.292. The maximum atomic E-state index is 13.0. The molecule has 34 heavy (non-hydrogen) atoms. The number of ether oxygens (including phenoxy) is 1. The molecule has 0 bridgehead atoms. The predicted octanol–water partition coefficient (Wildman–Crippen LogP) is 2.57. The molecule has 0 spiro atoms. The first kappa shape index (κ1) is 24.0. The topological polar surface area (TPSA) is 84.7 Å². The number of thioether (sulfide) groups is 1. The highest BCUT2D eigenvalue weighted by atomic mass is 32.2. The standard InChI is InChI=1S/C25H28N4O4S/c1-18(19-8-4-3-5-9-19)27-12-14-28(15-13-27)22(30)17-34-25-26-21-11-7-6-10-20(21)24(32)29(25)16-23(31)33-2/h3-11,18H,12-17H2,1-2H3. The molecule has 1 aromatic heterocycles. The van der Waals surface area contributed by atoms with E-state index in [0.717, 1.165) is 13.1 Å². The van der Waals surface area contributed by atoms with Crippen molar-refractivity contribution in [2.45, 2.75) is 24.7 Å². The molecular formula is C25H28N4O4S. The number of fused-ring (bicyclic) bond motifs is 1. The van der Waals surface area contributed by atoms with Crippen molar-refractivity contribution in [3.8, 4) is 0 Å². The summed E-state index contributed by atoms with van der Waals surface area (Å²) in [6.07, 6.45) is 0. The lowest BCUT2D eigenvalue weighted by Crippen LogP contribution is -2.49. The van der Waals surface area contributed by atoms with Crippen molar-refractivity contribution >= 4 is 34.5 Å². The molecule has 1 saturated heterocycles. The third-order valence-corrected chi connectivity index (χ3v) is 7.12. The Balaban J connectivity index is 1.42. The van der Waals surface area contributed by atoms with E-state index in [-0.39, 0.29) is 23.8 Å². The van der Waals surface area contributed by atoms with E-state index in [1.807, 2.05) is 23.1 Å². The fraction of sp³-hybridized carbons (Fsp3) is 0.360. The van der Waals surface area contributed by atoms with Crippen molar-refractivity contribution in [1.29, 1.82) is 0 Å². The van der Waals surface area contributed by atoms with E-state index in [4.69, 9.17) is 4.74 Å². The summed E-state index contributed by atoms with van der Waals surface area (Å²) in [5.41, 5.74) is 1.48. The first-order chi connectivity index (χ1) is 16.5. The normalized spacial score (nSPS) is 15.3. The number of aromatic nitrogens is 2. The van der Waals surface area contributed by atoms with E-state index in [9.17, 15) is 14.4 Å². The van der Waals surface area contributed by atoms with Crippen LogP contribution in [0.3, 0.4) is 0 Å². The fourth-order valence-corrected chi connectivity index (χ4v) is 5.01. The van der Waals surface area contributed by atoms with E-state index in [2.05, 4.69) is 28.9 Å². The minimum atomic E-state index is -0.545. The Morgan fingerprint density at radius 1 is 1.03 bits per heavy atom. The largest absolute Gasteiger partial charge is 0.468 e. The van der Waals surface area contributed by atoms with Gasteiger partial charge in [-0.2, -0.15) is 0 Å². The summed E-state index contributed by atoms with van der Waals surface area (Å²) < 4.78 is 6.03. The maximum Gasteiger partial charge on any atom is 0.325 e. The van der Waals surface area contributed by atoms with Gasteiger partial charge in [0.1, 0.15) is 6.54 Å². The number of hydrogen-bond donors (Lipinski definition) is 0. The molecule has 2 heterocycles. The zero-order valence-electron chi connectivity index (χ0n) is 19.3. The van der Waals surface area contributed by atoms with Crippen LogP contribution in [0.5, 0.6) is 0 Å². The van der Waals surface area contributed by atoms with Gasteiger partial charge in [0.2, 0.25) is 5.91 Å². The molecule has 0 saturated carbocycles. The first-order valence-corrected chi connectivity index (χ1v) is 12.2. The lowest BCUT2D eigenvalue weighted by atomic mass is 10.1. The molecule has 0 aliphatic carbocycles. The zero-order chi connectivity index (χ0) is 24.1. The van der Waals surface area contributed by atoms with Crippen molar-refractivity contribution in [2.24, 2.45) is 0 Å². The summed E-state index contributed by atoms with van der Waals surface area (Å²) in [7, 11) is 1.27.